The number of nitrogens with zero attached hydrogens (tertiary/aromatic N) is 1. The number of rotatable bonds is 6. The lowest BCUT2D eigenvalue weighted by Crippen LogP contribution is -2.19. The maximum absolute atomic E-state index is 12.2. The Morgan fingerprint density at radius 3 is 2.54 bits per heavy atom. The molecule has 4 nitrogen and oxygen atoms in total. The van der Waals surface area contributed by atoms with E-state index in [0.29, 0.717) is 6.61 Å². The average molecular weight is 411 g/mol. The summed E-state index contributed by atoms with van der Waals surface area (Å²) in [4.78, 5) is 12.2. The SMILES string of the molecule is CCOc1ccc(/C=N\NC(=O)Cc2ccc(Br)c3ccccc23)cc1. The van der Waals surface area contributed by atoms with Gasteiger partial charge in [-0.05, 0) is 59.2 Å². The summed E-state index contributed by atoms with van der Waals surface area (Å²) in [6.45, 7) is 2.58. The summed E-state index contributed by atoms with van der Waals surface area (Å²) in [5.74, 6) is 0.662. The van der Waals surface area contributed by atoms with Crippen LogP contribution in [0.2, 0.25) is 0 Å². The van der Waals surface area contributed by atoms with Crippen molar-refractivity contribution >= 4 is 38.8 Å². The van der Waals surface area contributed by atoms with Gasteiger partial charge in [0.25, 0.3) is 0 Å². The molecule has 3 rings (SSSR count). The minimum Gasteiger partial charge on any atom is -0.494 e. The zero-order chi connectivity index (χ0) is 18.4. The molecule has 0 spiro atoms. The Hall–Kier alpha value is -2.66. The van der Waals surface area contributed by atoms with Crippen molar-refractivity contribution in [1.29, 1.82) is 0 Å². The monoisotopic (exact) mass is 410 g/mol. The summed E-state index contributed by atoms with van der Waals surface area (Å²) >= 11 is 3.55. The van der Waals surface area contributed by atoms with E-state index in [1.165, 1.54) is 0 Å². The van der Waals surface area contributed by atoms with E-state index < -0.39 is 0 Å². The molecule has 0 aliphatic rings. The highest BCUT2D eigenvalue weighted by molar-refractivity contribution is 9.10. The number of hydrogen-bond acceptors (Lipinski definition) is 3. The van der Waals surface area contributed by atoms with Crippen LogP contribution in [0.1, 0.15) is 18.1 Å². The molecular formula is C21H19BrN2O2. The number of amides is 1. The predicted octanol–water partition coefficient (Wildman–Crippen LogP) is 4.69. The van der Waals surface area contributed by atoms with Crippen LogP contribution in [-0.2, 0) is 11.2 Å². The molecule has 0 radical (unpaired) electrons. The predicted molar refractivity (Wildman–Crippen MR) is 109 cm³/mol. The van der Waals surface area contributed by atoms with Gasteiger partial charge in [0.2, 0.25) is 5.91 Å². The van der Waals surface area contributed by atoms with Crippen molar-refractivity contribution in [1.82, 2.24) is 5.43 Å². The summed E-state index contributed by atoms with van der Waals surface area (Å²) in [5.41, 5.74) is 4.45. The lowest BCUT2D eigenvalue weighted by atomic mass is 10.0. The van der Waals surface area contributed by atoms with E-state index in [-0.39, 0.29) is 12.3 Å². The molecule has 132 valence electrons. The first-order chi connectivity index (χ1) is 12.7. The molecule has 0 unspecified atom stereocenters. The molecule has 26 heavy (non-hydrogen) atoms. The van der Waals surface area contributed by atoms with Gasteiger partial charge in [-0.25, -0.2) is 5.43 Å². The smallest absolute Gasteiger partial charge is 0.244 e. The standard InChI is InChI=1S/C21H19BrN2O2/c1-2-26-17-10-7-15(8-11-17)14-23-24-21(25)13-16-9-12-20(22)19-6-4-3-5-18(16)19/h3-12,14H,2,13H2,1H3,(H,24,25)/b23-14-. The van der Waals surface area contributed by atoms with Gasteiger partial charge in [0.1, 0.15) is 5.75 Å². The van der Waals surface area contributed by atoms with Gasteiger partial charge in [-0.2, -0.15) is 5.10 Å². The van der Waals surface area contributed by atoms with Crippen molar-refractivity contribution in [3.8, 4) is 5.75 Å². The third kappa shape index (κ3) is 4.49. The molecule has 0 saturated carbocycles. The molecule has 5 heteroatoms. The van der Waals surface area contributed by atoms with Crippen LogP contribution in [0.5, 0.6) is 5.75 Å². The Morgan fingerprint density at radius 1 is 1.08 bits per heavy atom. The van der Waals surface area contributed by atoms with Gasteiger partial charge in [0.05, 0.1) is 19.2 Å². The Labute approximate surface area is 161 Å². The van der Waals surface area contributed by atoms with Crippen LogP contribution in [-0.4, -0.2) is 18.7 Å². The number of nitrogens with one attached hydrogen (secondary N) is 1. The number of benzene rings is 3. The number of ether oxygens (including phenoxy) is 1. The van der Waals surface area contributed by atoms with Crippen LogP contribution in [0.4, 0.5) is 0 Å². The topological polar surface area (TPSA) is 50.7 Å². The molecule has 0 aliphatic heterocycles. The first-order valence-corrected chi connectivity index (χ1v) is 9.17. The van der Waals surface area contributed by atoms with Crippen LogP contribution >= 0.6 is 15.9 Å². The van der Waals surface area contributed by atoms with E-state index in [2.05, 4.69) is 26.5 Å². The minimum absolute atomic E-state index is 0.153. The van der Waals surface area contributed by atoms with Crippen LogP contribution in [0.25, 0.3) is 10.8 Å². The highest BCUT2D eigenvalue weighted by atomic mass is 79.9. The minimum atomic E-state index is -0.153. The van der Waals surface area contributed by atoms with Gasteiger partial charge in [-0.3, -0.25) is 4.79 Å². The zero-order valence-corrected chi connectivity index (χ0v) is 16.0. The van der Waals surface area contributed by atoms with Gasteiger partial charge >= 0.3 is 0 Å². The Balaban J connectivity index is 1.63. The van der Waals surface area contributed by atoms with Crippen LogP contribution < -0.4 is 10.2 Å². The zero-order valence-electron chi connectivity index (χ0n) is 14.4. The summed E-state index contributed by atoms with van der Waals surface area (Å²) in [7, 11) is 0. The summed E-state index contributed by atoms with van der Waals surface area (Å²) in [6.07, 6.45) is 1.89. The van der Waals surface area contributed by atoms with Crippen molar-refractivity contribution < 1.29 is 9.53 Å². The number of fused-ring (bicyclic) bond motifs is 1. The van der Waals surface area contributed by atoms with E-state index in [1.54, 1.807) is 6.21 Å². The molecule has 3 aromatic carbocycles. The molecule has 0 saturated heterocycles. The second kappa shape index (κ2) is 8.63. The molecule has 0 heterocycles. The third-order valence-electron chi connectivity index (χ3n) is 3.91. The van der Waals surface area contributed by atoms with Gasteiger partial charge < -0.3 is 4.74 Å². The van der Waals surface area contributed by atoms with Gasteiger partial charge in [0, 0.05) is 4.47 Å². The first kappa shape index (κ1) is 18.1. The van der Waals surface area contributed by atoms with Crippen molar-refractivity contribution in [2.24, 2.45) is 5.10 Å². The van der Waals surface area contributed by atoms with E-state index in [1.807, 2.05) is 67.6 Å². The molecule has 0 aliphatic carbocycles. The van der Waals surface area contributed by atoms with Crippen molar-refractivity contribution in [3.63, 3.8) is 0 Å². The number of carbonyl (C=O) groups is 1. The quantitative estimate of drug-likeness (QED) is 0.473. The maximum Gasteiger partial charge on any atom is 0.244 e. The van der Waals surface area contributed by atoms with E-state index in [9.17, 15) is 4.79 Å². The summed E-state index contributed by atoms with van der Waals surface area (Å²) in [6, 6.07) is 19.5. The number of hydrazone groups is 1. The Bertz CT molecular complexity index is 936. The molecule has 1 amide bonds. The number of carbonyl (C=O) groups excluding carboxylic acids is 1. The van der Waals surface area contributed by atoms with Gasteiger partial charge in [0.15, 0.2) is 0 Å². The van der Waals surface area contributed by atoms with E-state index in [0.717, 1.165) is 32.1 Å². The highest BCUT2D eigenvalue weighted by Crippen LogP contribution is 2.27. The van der Waals surface area contributed by atoms with E-state index >= 15 is 0 Å². The highest BCUT2D eigenvalue weighted by Gasteiger charge is 2.08. The lowest BCUT2D eigenvalue weighted by molar-refractivity contribution is -0.120. The molecule has 0 atom stereocenters. The van der Waals surface area contributed by atoms with Crippen molar-refractivity contribution in [3.05, 3.63) is 76.3 Å². The second-order valence-electron chi connectivity index (χ2n) is 5.72. The molecule has 0 bridgehead atoms. The first-order valence-electron chi connectivity index (χ1n) is 8.38. The normalized spacial score (nSPS) is 11.0. The van der Waals surface area contributed by atoms with Crippen molar-refractivity contribution in [2.45, 2.75) is 13.3 Å². The van der Waals surface area contributed by atoms with Crippen LogP contribution in [0.15, 0.2) is 70.2 Å². The molecular weight excluding hydrogens is 392 g/mol. The molecule has 0 aromatic heterocycles. The van der Waals surface area contributed by atoms with Crippen molar-refractivity contribution in [2.75, 3.05) is 6.61 Å². The second-order valence-corrected chi connectivity index (χ2v) is 6.58. The van der Waals surface area contributed by atoms with E-state index in [4.69, 9.17) is 4.74 Å². The van der Waals surface area contributed by atoms with Crippen LogP contribution in [0.3, 0.4) is 0 Å². The van der Waals surface area contributed by atoms with Gasteiger partial charge in [-0.1, -0.05) is 46.3 Å². The number of halogens is 1. The molecule has 3 aromatic rings. The fraction of sp³-hybridized carbons (Fsp3) is 0.143. The fourth-order valence-corrected chi connectivity index (χ4v) is 3.16. The summed E-state index contributed by atoms with van der Waals surface area (Å²) < 4.78 is 6.42. The average Bonchev–Trinajstić information content (AvgIpc) is 2.66. The fourth-order valence-electron chi connectivity index (χ4n) is 2.69. The molecule has 0 fully saturated rings. The maximum atomic E-state index is 12.2. The largest absolute Gasteiger partial charge is 0.494 e. The third-order valence-corrected chi connectivity index (χ3v) is 4.60. The molecule has 1 N–H and O–H groups in total. The van der Waals surface area contributed by atoms with Gasteiger partial charge in [-0.15, -0.1) is 0 Å². The lowest BCUT2D eigenvalue weighted by Gasteiger charge is -2.07. The Kier molecular flexibility index (Phi) is 6.02. The Morgan fingerprint density at radius 2 is 1.81 bits per heavy atom. The summed E-state index contributed by atoms with van der Waals surface area (Å²) in [5, 5.41) is 6.19. The number of hydrogen-bond donors (Lipinski definition) is 1. The van der Waals surface area contributed by atoms with Crippen LogP contribution in [0, 0.1) is 0 Å².